The number of nitrogens with one attached hydrogen (secondary N) is 8. The first-order valence-electron chi connectivity index (χ1n) is 41.0. The van der Waals surface area contributed by atoms with E-state index in [1.54, 1.807) is 0 Å². The second kappa shape index (κ2) is 51.2. The topological polar surface area (TPSA) is 906 Å². The fourth-order valence-corrected chi connectivity index (χ4v) is 16.4. The first-order chi connectivity index (χ1) is 61.4. The van der Waals surface area contributed by atoms with Crippen LogP contribution in [0, 0.1) is 11.8 Å². The van der Waals surface area contributed by atoms with E-state index in [1.165, 1.54) is 20.1 Å². The van der Waals surface area contributed by atoms with Crippen molar-refractivity contribution in [2.24, 2.45) is 11.8 Å². The van der Waals surface area contributed by atoms with Gasteiger partial charge in [-0.05, 0) is 12.0 Å². The first-order valence-corrected chi connectivity index (χ1v) is 41.0. The van der Waals surface area contributed by atoms with Gasteiger partial charge in [0.15, 0.2) is 75.1 Å². The van der Waals surface area contributed by atoms with Crippen LogP contribution in [0.25, 0.3) is 0 Å². The first kappa shape index (κ1) is 116. The van der Waals surface area contributed by atoms with E-state index in [1.807, 2.05) is 0 Å². The fraction of sp³-hybridized carbons (Fsp3) is 0.889. The van der Waals surface area contributed by atoms with E-state index in [9.17, 15) is 156 Å². The summed E-state index contributed by atoms with van der Waals surface area (Å²) in [6.45, 7) is 0.390. The summed E-state index contributed by atoms with van der Waals surface area (Å²) in [6, 6.07) is -7.01. The van der Waals surface area contributed by atoms with Gasteiger partial charge in [-0.3, -0.25) is 39.6 Å². The van der Waals surface area contributed by atoms with Gasteiger partial charge in [0.2, 0.25) is 23.6 Å². The minimum atomic E-state index is -2.53. The van der Waals surface area contributed by atoms with Crippen LogP contribution in [0.2, 0.25) is 0 Å². The Bertz CT molecular complexity index is 3710. The minimum Gasteiger partial charge on any atom is -0.870 e. The number of aliphatic carboxylic acids is 1. The minimum absolute atomic E-state index is 0. The molecule has 0 aliphatic carbocycles. The number of carbonyl (C=O) groups excluding carboxylic acids is 8. The number of carboxylic acid groups (broad SMARTS) is 1. The molecule has 0 aromatic carbocycles. The molecule has 6 amide bonds. The van der Waals surface area contributed by atoms with Crippen LogP contribution in [-0.2, 0) is 128 Å². The van der Waals surface area contributed by atoms with Gasteiger partial charge in [0.25, 0.3) is 11.8 Å². The molecule has 0 bridgehead atoms. The Kier molecular flexibility index (Phi) is 44.8. The van der Waals surface area contributed by atoms with E-state index in [0.29, 0.717) is 0 Å². The van der Waals surface area contributed by atoms with E-state index in [4.69, 9.17) is 90.0 Å². The molecule has 10 aliphatic heterocycles. The molecule has 10 rings (SSSR count). The Morgan fingerprint density at radius 1 is 0.308 bits per heavy atom. The van der Waals surface area contributed by atoms with Crippen molar-refractivity contribution in [2.75, 3.05) is 53.7 Å². The maximum absolute atomic E-state index is 14.9. The van der Waals surface area contributed by atoms with Gasteiger partial charge in [-0.15, -0.1) is 0 Å². The van der Waals surface area contributed by atoms with E-state index < -0.39 is 387 Å². The zero-order chi connectivity index (χ0) is 96.0. The van der Waals surface area contributed by atoms with E-state index in [0.717, 1.165) is 41.9 Å². The van der Waals surface area contributed by atoms with Crippen molar-refractivity contribution in [1.29, 1.82) is 0 Å². The van der Waals surface area contributed by atoms with Crippen molar-refractivity contribution >= 4 is 47.7 Å². The smallest absolute Gasteiger partial charge is 0.870 e. The van der Waals surface area contributed by atoms with E-state index >= 15 is 0 Å². The van der Waals surface area contributed by atoms with Crippen molar-refractivity contribution in [3.05, 3.63) is 0 Å². The number of aliphatic hydroxyl groups is 22. The molecule has 0 radical (unpaired) electrons. The van der Waals surface area contributed by atoms with Gasteiger partial charge in [0.05, 0.1) is 44.6 Å². The third-order valence-corrected chi connectivity index (χ3v) is 23.5. The monoisotopic (exact) mass is 1960 g/mol. The number of hydrogen-bond donors (Lipinski definition) is 30. The summed E-state index contributed by atoms with van der Waals surface area (Å²) in [6.07, 6.45) is -90.8. The number of aliphatic hydroxyl groups excluding tert-OH is 22. The third kappa shape index (κ3) is 26.4. The van der Waals surface area contributed by atoms with Gasteiger partial charge in [-0.25, -0.2) is 17.1 Å². The molecule has 10 fully saturated rings. The van der Waals surface area contributed by atoms with Gasteiger partial charge in [-0.2, -0.15) is 0 Å². The average Bonchev–Trinajstić information content (AvgIpc) is 0.759. The number of carboxylic acids is 1. The summed E-state index contributed by atoms with van der Waals surface area (Å²) in [4.78, 5) is 105. The van der Waals surface area contributed by atoms with Gasteiger partial charge in [0, 0.05) is 60.9 Å². The maximum Gasteiger partial charge on any atom is 1.00 e. The van der Waals surface area contributed by atoms with Gasteiger partial charge < -0.3 is 244 Å². The van der Waals surface area contributed by atoms with Crippen LogP contribution < -0.4 is 107 Å². The van der Waals surface area contributed by atoms with Crippen LogP contribution in [0.3, 0.4) is 0 Å². The molecule has 133 heavy (non-hydrogen) atoms. The molecule has 754 valence electrons. The summed E-state index contributed by atoms with van der Waals surface area (Å²) >= 11 is 0. The number of amides is 6. The molecule has 0 aromatic heterocycles. The van der Waals surface area contributed by atoms with E-state index in [2.05, 4.69) is 43.0 Å². The quantitative estimate of drug-likeness (QED) is 0.0162. The summed E-state index contributed by atoms with van der Waals surface area (Å²) in [5.74, 6) is -10.9. The molecule has 10 heterocycles. The zero-order valence-electron chi connectivity index (χ0n) is 72.8. The molecule has 59 nitrogen and oxygen atoms in total. The number of hydrogen-bond acceptors (Lipinski definition) is 53. The number of rotatable bonds is 34. The molecule has 10 saturated heterocycles. The third-order valence-electron chi connectivity index (χ3n) is 23.5. The van der Waals surface area contributed by atoms with Crippen molar-refractivity contribution < 1.29 is 310 Å². The molecule has 0 spiro atoms. The Morgan fingerprint density at radius 2 is 0.564 bits per heavy atom. The molecule has 0 saturated carbocycles. The van der Waals surface area contributed by atoms with Crippen molar-refractivity contribution in [2.45, 2.75) is 336 Å². The van der Waals surface area contributed by atoms with Crippen LogP contribution >= 0.6 is 0 Å². The molecule has 31 N–H and O–H groups in total. The molecule has 50 atom stereocenters. The summed E-state index contributed by atoms with van der Waals surface area (Å²) in [7, 11) is 2.19. The second-order valence-corrected chi connectivity index (χ2v) is 32.5. The summed E-state index contributed by atoms with van der Waals surface area (Å²) in [5.41, 5.74) is 8.92. The van der Waals surface area contributed by atoms with Crippen LogP contribution in [0.5, 0.6) is 0 Å². The number of carbonyl (C=O) groups is 7. The largest absolute Gasteiger partial charge is 1.00 e. The van der Waals surface area contributed by atoms with Gasteiger partial charge >= 0.3 is 59.1 Å². The van der Waals surface area contributed by atoms with Gasteiger partial charge in [0.1, 0.15) is 201 Å². The number of methoxy groups -OCH3 is 2. The van der Waals surface area contributed by atoms with Crippen molar-refractivity contribution in [3.8, 4) is 0 Å². The average molecular weight is 1960 g/mol. The normalized spacial score (nSPS) is 46.1. The standard InChI is InChI=1S/C72H117N8O50.2Na.H2O/c1-16-24(11-81)116-67(45(102)33(16)90)122-54-31(77-20(5)88)65(119-27(14-84)39(54)96)126-56-43(100)49(106)71(123-52-29(75-18(3)86)63(112-7)117-25(12-82)37(52)94)128-58(56)60(108)79-73-9-22-35(92)41(98)47(104)68(114-22)130-69-48(105)42(99)36(93)23(115-69)10-74-80-61(109)59-57(44(101)50(107)72(129-59)124-53-30(76-19(4)87)64(113-8)118-26(13-83)38(53)95)127-66-32(78-21(6)89)55(40(97)28(15-85)120-66)125-70-46(103)34(91)17(2)51(121-70)62(110)111;;;/h16-17,22-59,63-74,82-85,90-107H,9-10,12-15H2,1-8H3,(H,75,86)(H,76,87)(H,77,88)(H,78,89)(H,79,108)(H,80,109)(H,110,111);;;1H2/q-1;2*+1;/p-2/t16-,17+,22?,23?,24?,25?,26?,27?,28?,29?,30?,31?,32?,33+,34+,35-,36-,37-,38-,39-,40-,41+,42+,43-,44-,45?,46?,47?,48?,49?,50?,51?,52-,53-,54-,55-,56+,57+,58?,59?,63-,64-,65+,66+,67+,68-,69-,70+,71-,72-;;;/m1.../s1. The van der Waals surface area contributed by atoms with Crippen LogP contribution in [0.4, 0.5) is 0 Å². The fourth-order valence-electron chi connectivity index (χ4n) is 16.4. The van der Waals surface area contributed by atoms with Crippen molar-refractivity contribution in [3.63, 3.8) is 0 Å². The van der Waals surface area contributed by atoms with E-state index in [-0.39, 0.29) is 64.6 Å². The zero-order valence-corrected chi connectivity index (χ0v) is 76.8. The Hall–Kier alpha value is -3.80. The van der Waals surface area contributed by atoms with Gasteiger partial charge in [-0.1, -0.05) is 13.8 Å². The summed E-state index contributed by atoms with van der Waals surface area (Å²) in [5, 5.41) is 270. The van der Waals surface area contributed by atoms with Crippen LogP contribution in [0.15, 0.2) is 0 Å². The Morgan fingerprint density at radius 3 is 0.857 bits per heavy atom. The Labute approximate surface area is 798 Å². The second-order valence-electron chi connectivity index (χ2n) is 32.5. The predicted octanol–water partition coefficient (Wildman–Crippen LogP) is -28.5. The molecule has 0 aromatic rings. The molecular weight excluding hydrogens is 1840 g/mol. The van der Waals surface area contributed by atoms with Crippen molar-refractivity contribution in [1.82, 2.24) is 43.0 Å². The Balaban J connectivity index is 0.00000805. The number of hydrazine groups is 2. The molecule has 10 aliphatic rings. The van der Waals surface area contributed by atoms with Crippen LogP contribution in [0.1, 0.15) is 41.5 Å². The maximum atomic E-state index is 14.9. The molecule has 61 heteroatoms. The predicted molar refractivity (Wildman–Crippen MR) is 401 cm³/mol. The van der Waals surface area contributed by atoms with Crippen LogP contribution in [-0.4, -0.2) is 514 Å². The number of ether oxygens (including phenoxy) is 19. The summed E-state index contributed by atoms with van der Waals surface area (Å²) < 4.78 is 110. The molecular formula is C72H117N8Na2O51-. The SMILES string of the molecule is CO[C@@H]1OC(CO)[C@@H](O)[C@H](O[C@@H]2OC(C(=O)NNCC3O[C@H](O[C@H]4OC(CNNC(=O)C5O[C@@H](O[C@@H]6C(NC(C)=O)[C@H](OC)OC(CO)[C@H]6O)C(O)[C@@H](O)[C@@H]5O[C@@H]5OC(CO)[C@@H](O)[C@H](O[C@@H]6OC(C(=O)[O-])[C@@H](C)[C@H](O)C6O)C5NC(C)=O)[C@@H](O)[C@H](O)C4O)C(O)[C@@H](O)[C@@H]3O)[C@@H](O[C@@H]3OC(CO)[C@@H](O)[C@H](O[C@@H]4OC([C-]=O)[C@@H](C)[C@H](O)C4O)C3NC(C)=O)[C@H](O)C2O)C1NC(C)=O.[Na+].[Na+].[OH-]. The molecule has 20 unspecified atom stereocenters.